The minimum Gasteiger partial charge on any atom is -0.440 e. The number of aromatic nitrogens is 1. The van der Waals surface area contributed by atoms with E-state index in [0.29, 0.717) is 22.7 Å². The van der Waals surface area contributed by atoms with Crippen LogP contribution in [-0.4, -0.2) is 15.8 Å². The second-order valence-electron chi connectivity index (χ2n) is 6.20. The van der Waals surface area contributed by atoms with Crippen molar-refractivity contribution in [3.8, 4) is 0 Å². The number of halogens is 1. The van der Waals surface area contributed by atoms with Crippen LogP contribution in [0.1, 0.15) is 41.6 Å². The van der Waals surface area contributed by atoms with Gasteiger partial charge in [0.1, 0.15) is 11.3 Å². The van der Waals surface area contributed by atoms with Crippen molar-refractivity contribution in [3.05, 3.63) is 63.3 Å². The number of nitro groups is 1. The molecular formula is C18H16FN3O4. The summed E-state index contributed by atoms with van der Waals surface area (Å²) in [6, 6.07) is 6.94. The molecule has 0 bridgehead atoms. The summed E-state index contributed by atoms with van der Waals surface area (Å²) in [5.74, 6) is -0.756. The molecule has 26 heavy (non-hydrogen) atoms. The molecule has 134 valence electrons. The van der Waals surface area contributed by atoms with Gasteiger partial charge in [-0.05, 0) is 31.2 Å². The van der Waals surface area contributed by atoms with Gasteiger partial charge in [0, 0.05) is 23.2 Å². The number of nitro benzene ring substituents is 1. The number of hydrogen-bond acceptors (Lipinski definition) is 5. The van der Waals surface area contributed by atoms with Crippen LogP contribution in [0.4, 0.5) is 15.8 Å². The third-order valence-electron chi connectivity index (χ3n) is 3.93. The molecule has 7 nitrogen and oxygen atoms in total. The molecule has 1 aromatic heterocycles. The summed E-state index contributed by atoms with van der Waals surface area (Å²) in [6.45, 7) is 5.19. The van der Waals surface area contributed by atoms with Crippen LogP contribution in [0.25, 0.3) is 11.1 Å². The van der Waals surface area contributed by atoms with Crippen molar-refractivity contribution >= 4 is 28.4 Å². The minimum absolute atomic E-state index is 0.114. The first kappa shape index (κ1) is 17.5. The van der Waals surface area contributed by atoms with E-state index in [4.69, 9.17) is 4.42 Å². The number of hydrogen-bond donors (Lipinski definition) is 1. The van der Waals surface area contributed by atoms with Gasteiger partial charge in [-0.25, -0.2) is 9.37 Å². The number of nitrogens with one attached hydrogen (secondary N) is 1. The van der Waals surface area contributed by atoms with Crippen molar-refractivity contribution in [2.75, 3.05) is 5.32 Å². The molecule has 8 heteroatoms. The van der Waals surface area contributed by atoms with E-state index in [1.807, 2.05) is 13.8 Å². The monoisotopic (exact) mass is 357 g/mol. The second-order valence-corrected chi connectivity index (χ2v) is 6.20. The highest BCUT2D eigenvalue weighted by Gasteiger charge is 2.20. The summed E-state index contributed by atoms with van der Waals surface area (Å²) in [6.07, 6.45) is 0. The maximum Gasteiger partial charge on any atom is 0.276 e. The Morgan fingerprint density at radius 3 is 2.69 bits per heavy atom. The smallest absolute Gasteiger partial charge is 0.276 e. The molecular weight excluding hydrogens is 341 g/mol. The van der Waals surface area contributed by atoms with Crippen molar-refractivity contribution in [2.24, 2.45) is 0 Å². The third-order valence-corrected chi connectivity index (χ3v) is 3.93. The summed E-state index contributed by atoms with van der Waals surface area (Å²) in [4.78, 5) is 27.0. The molecule has 0 saturated carbocycles. The van der Waals surface area contributed by atoms with Gasteiger partial charge in [-0.1, -0.05) is 13.8 Å². The van der Waals surface area contributed by atoms with Crippen molar-refractivity contribution in [2.45, 2.75) is 26.7 Å². The SMILES string of the molecule is Cc1c(F)cc(C(=O)Nc2ccc3oc(C(C)C)nc3c2)cc1[N+](=O)[O-]. The van der Waals surface area contributed by atoms with E-state index in [1.54, 1.807) is 18.2 Å². The second kappa shape index (κ2) is 6.55. The topological polar surface area (TPSA) is 98.3 Å². The standard InChI is InChI=1S/C18H16FN3O4/c1-9(2)18-21-14-8-12(4-5-16(14)26-18)20-17(23)11-6-13(19)10(3)15(7-11)22(24)25/h4-9H,1-3H3,(H,20,23). The van der Waals surface area contributed by atoms with Crippen molar-refractivity contribution in [1.82, 2.24) is 4.98 Å². The molecule has 0 aliphatic carbocycles. The Bertz CT molecular complexity index is 1030. The molecule has 0 fully saturated rings. The molecule has 0 aliphatic heterocycles. The molecule has 0 atom stereocenters. The lowest BCUT2D eigenvalue weighted by atomic mass is 10.1. The van der Waals surface area contributed by atoms with Crippen LogP contribution in [-0.2, 0) is 0 Å². The normalized spacial score (nSPS) is 11.1. The molecule has 1 amide bonds. The summed E-state index contributed by atoms with van der Waals surface area (Å²) in [5, 5.41) is 13.6. The summed E-state index contributed by atoms with van der Waals surface area (Å²) in [7, 11) is 0. The lowest BCUT2D eigenvalue weighted by Gasteiger charge is -2.07. The number of rotatable bonds is 4. The van der Waals surface area contributed by atoms with Crippen molar-refractivity contribution in [3.63, 3.8) is 0 Å². The number of amides is 1. The highest BCUT2D eigenvalue weighted by Crippen LogP contribution is 2.26. The average molecular weight is 357 g/mol. The van der Waals surface area contributed by atoms with E-state index in [-0.39, 0.29) is 17.0 Å². The zero-order valence-electron chi connectivity index (χ0n) is 14.4. The molecule has 3 rings (SSSR count). The zero-order valence-corrected chi connectivity index (χ0v) is 14.4. The van der Waals surface area contributed by atoms with Crippen molar-refractivity contribution < 1.29 is 18.5 Å². The number of benzene rings is 2. The third kappa shape index (κ3) is 3.26. The van der Waals surface area contributed by atoms with Gasteiger partial charge in [-0.3, -0.25) is 14.9 Å². The Labute approximate surface area is 148 Å². The van der Waals surface area contributed by atoms with Crippen LogP contribution in [0.2, 0.25) is 0 Å². The van der Waals surface area contributed by atoms with Gasteiger partial charge < -0.3 is 9.73 Å². The number of anilines is 1. The molecule has 1 heterocycles. The van der Waals surface area contributed by atoms with E-state index >= 15 is 0 Å². The van der Waals surface area contributed by atoms with Gasteiger partial charge in [0.25, 0.3) is 11.6 Å². The van der Waals surface area contributed by atoms with Gasteiger partial charge in [-0.15, -0.1) is 0 Å². The van der Waals surface area contributed by atoms with E-state index in [9.17, 15) is 19.3 Å². The van der Waals surface area contributed by atoms with Crippen LogP contribution in [0.15, 0.2) is 34.7 Å². The van der Waals surface area contributed by atoms with Crippen LogP contribution in [0, 0.1) is 22.9 Å². The Morgan fingerprint density at radius 2 is 2.04 bits per heavy atom. The first-order valence-electron chi connectivity index (χ1n) is 7.92. The van der Waals surface area contributed by atoms with Gasteiger partial charge in [0.05, 0.1) is 10.5 Å². The Hall–Kier alpha value is -3.29. The molecule has 0 aliphatic rings. The minimum atomic E-state index is -0.808. The average Bonchev–Trinajstić information content (AvgIpc) is 3.00. The molecule has 1 N–H and O–H groups in total. The van der Waals surface area contributed by atoms with Gasteiger partial charge in [0.2, 0.25) is 0 Å². The Balaban J connectivity index is 1.90. The number of nitrogens with zero attached hydrogens (tertiary/aromatic N) is 2. The van der Waals surface area contributed by atoms with E-state index in [2.05, 4.69) is 10.3 Å². The van der Waals surface area contributed by atoms with Gasteiger partial charge in [0.15, 0.2) is 11.5 Å². The lowest BCUT2D eigenvalue weighted by Crippen LogP contribution is -2.13. The Kier molecular flexibility index (Phi) is 4.41. The first-order chi connectivity index (χ1) is 12.3. The lowest BCUT2D eigenvalue weighted by molar-refractivity contribution is -0.385. The fourth-order valence-electron chi connectivity index (χ4n) is 2.46. The summed E-state index contributed by atoms with van der Waals surface area (Å²) < 4.78 is 19.5. The molecule has 2 aromatic carbocycles. The number of fused-ring (bicyclic) bond motifs is 1. The fraction of sp³-hybridized carbons (Fsp3) is 0.222. The number of oxazole rings is 1. The molecule has 3 aromatic rings. The highest BCUT2D eigenvalue weighted by atomic mass is 19.1. The van der Waals surface area contributed by atoms with Gasteiger partial charge in [-0.2, -0.15) is 0 Å². The maximum absolute atomic E-state index is 13.9. The fourth-order valence-corrected chi connectivity index (χ4v) is 2.46. The molecule has 0 unspecified atom stereocenters. The van der Waals surface area contributed by atoms with Gasteiger partial charge >= 0.3 is 0 Å². The highest BCUT2D eigenvalue weighted by molar-refractivity contribution is 6.05. The predicted octanol–water partition coefficient (Wildman–Crippen LogP) is 4.56. The molecule has 0 spiro atoms. The van der Waals surface area contributed by atoms with E-state index in [0.717, 1.165) is 12.1 Å². The van der Waals surface area contributed by atoms with Crippen LogP contribution in [0.5, 0.6) is 0 Å². The first-order valence-corrected chi connectivity index (χ1v) is 7.92. The maximum atomic E-state index is 13.9. The number of carbonyl (C=O) groups excluding carboxylic acids is 1. The van der Waals surface area contributed by atoms with Crippen LogP contribution >= 0.6 is 0 Å². The predicted molar refractivity (Wildman–Crippen MR) is 93.8 cm³/mol. The number of carbonyl (C=O) groups is 1. The van der Waals surface area contributed by atoms with Crippen molar-refractivity contribution in [1.29, 1.82) is 0 Å². The van der Waals surface area contributed by atoms with Crippen LogP contribution < -0.4 is 5.32 Å². The van der Waals surface area contributed by atoms with E-state index in [1.165, 1.54) is 6.92 Å². The Morgan fingerprint density at radius 1 is 1.31 bits per heavy atom. The molecule has 0 saturated heterocycles. The quantitative estimate of drug-likeness (QED) is 0.545. The largest absolute Gasteiger partial charge is 0.440 e. The summed E-state index contributed by atoms with van der Waals surface area (Å²) in [5.41, 5.74) is 0.898. The van der Waals surface area contributed by atoms with Crippen LogP contribution in [0.3, 0.4) is 0 Å². The zero-order chi connectivity index (χ0) is 19.0. The summed E-state index contributed by atoms with van der Waals surface area (Å²) >= 11 is 0. The molecule has 0 radical (unpaired) electrons. The van der Waals surface area contributed by atoms with E-state index < -0.39 is 22.3 Å².